The molecular weight excluding hydrogens is 336 g/mol. The van der Waals surface area contributed by atoms with Gasteiger partial charge in [-0.3, -0.25) is 4.79 Å². The molecule has 1 heterocycles. The second-order valence-electron chi connectivity index (χ2n) is 4.67. The number of nitrogens with two attached hydrogens (primary N) is 1. The summed E-state index contributed by atoms with van der Waals surface area (Å²) >= 11 is 0. The lowest BCUT2D eigenvalue weighted by atomic mass is 10.2. The molecule has 0 bridgehead atoms. The SMILES string of the molecule is COCCOc1cc(NC(=O)c2coc(CN)c2)ccc1OC.Cl. The van der Waals surface area contributed by atoms with Crippen molar-refractivity contribution in [1.29, 1.82) is 0 Å². The zero-order valence-corrected chi connectivity index (χ0v) is 14.4. The number of carbonyl (C=O) groups excluding carboxylic acids is 1. The largest absolute Gasteiger partial charge is 0.493 e. The van der Waals surface area contributed by atoms with Crippen molar-refractivity contribution in [1.82, 2.24) is 0 Å². The van der Waals surface area contributed by atoms with E-state index in [0.717, 1.165) is 0 Å². The molecule has 0 aliphatic carbocycles. The number of nitrogens with one attached hydrogen (secondary N) is 1. The molecule has 1 aromatic carbocycles. The molecule has 0 aliphatic heterocycles. The molecule has 132 valence electrons. The first kappa shape index (κ1) is 19.8. The van der Waals surface area contributed by atoms with Crippen LogP contribution in [-0.4, -0.2) is 33.3 Å². The normalized spacial score (nSPS) is 9.96. The van der Waals surface area contributed by atoms with E-state index in [4.69, 9.17) is 24.4 Å². The summed E-state index contributed by atoms with van der Waals surface area (Å²) in [5.41, 5.74) is 6.45. The van der Waals surface area contributed by atoms with E-state index in [9.17, 15) is 4.79 Å². The number of ether oxygens (including phenoxy) is 3. The minimum absolute atomic E-state index is 0. The van der Waals surface area contributed by atoms with Crippen LogP contribution in [0.15, 0.2) is 34.9 Å². The summed E-state index contributed by atoms with van der Waals surface area (Å²) in [6.07, 6.45) is 1.37. The quantitative estimate of drug-likeness (QED) is 0.705. The van der Waals surface area contributed by atoms with E-state index >= 15 is 0 Å². The molecule has 1 aromatic heterocycles. The number of hydrogen-bond donors (Lipinski definition) is 2. The third-order valence-electron chi connectivity index (χ3n) is 3.08. The highest BCUT2D eigenvalue weighted by atomic mass is 35.5. The Labute approximate surface area is 146 Å². The van der Waals surface area contributed by atoms with Gasteiger partial charge in [0, 0.05) is 18.9 Å². The van der Waals surface area contributed by atoms with Gasteiger partial charge in [-0.1, -0.05) is 0 Å². The second kappa shape index (κ2) is 9.82. The number of methoxy groups -OCH3 is 2. The highest BCUT2D eigenvalue weighted by Crippen LogP contribution is 2.30. The maximum Gasteiger partial charge on any atom is 0.258 e. The highest BCUT2D eigenvalue weighted by Gasteiger charge is 2.12. The molecular formula is C16H21ClN2O5. The van der Waals surface area contributed by atoms with E-state index in [0.29, 0.717) is 41.7 Å². The number of amides is 1. The molecule has 1 amide bonds. The summed E-state index contributed by atoms with van der Waals surface area (Å²) in [5.74, 6) is 1.36. The molecule has 3 N–H and O–H groups in total. The Balaban J connectivity index is 0.00000288. The van der Waals surface area contributed by atoms with Crippen molar-refractivity contribution in [3.8, 4) is 11.5 Å². The van der Waals surface area contributed by atoms with Gasteiger partial charge < -0.3 is 29.7 Å². The lowest BCUT2D eigenvalue weighted by molar-refractivity contribution is 0.102. The molecule has 0 fully saturated rings. The first-order chi connectivity index (χ1) is 11.2. The van der Waals surface area contributed by atoms with E-state index in [-0.39, 0.29) is 24.9 Å². The molecule has 0 unspecified atom stereocenters. The molecule has 2 aromatic rings. The van der Waals surface area contributed by atoms with Crippen LogP contribution in [0.2, 0.25) is 0 Å². The third-order valence-corrected chi connectivity index (χ3v) is 3.08. The monoisotopic (exact) mass is 356 g/mol. The molecule has 0 aliphatic rings. The fourth-order valence-electron chi connectivity index (χ4n) is 1.91. The van der Waals surface area contributed by atoms with Crippen LogP contribution in [0, 0.1) is 0 Å². The van der Waals surface area contributed by atoms with Crippen LogP contribution in [0.3, 0.4) is 0 Å². The van der Waals surface area contributed by atoms with Crippen molar-refractivity contribution >= 4 is 24.0 Å². The summed E-state index contributed by atoms with van der Waals surface area (Å²) in [6.45, 7) is 1.08. The predicted molar refractivity (Wildman–Crippen MR) is 92.2 cm³/mol. The maximum atomic E-state index is 12.2. The maximum absolute atomic E-state index is 12.2. The van der Waals surface area contributed by atoms with Gasteiger partial charge in [0.2, 0.25) is 0 Å². The van der Waals surface area contributed by atoms with Gasteiger partial charge in [-0.15, -0.1) is 12.4 Å². The number of halogens is 1. The number of hydrogen-bond acceptors (Lipinski definition) is 6. The van der Waals surface area contributed by atoms with Crippen LogP contribution in [-0.2, 0) is 11.3 Å². The first-order valence-corrected chi connectivity index (χ1v) is 7.06. The van der Waals surface area contributed by atoms with E-state index in [2.05, 4.69) is 5.32 Å². The molecule has 24 heavy (non-hydrogen) atoms. The zero-order valence-electron chi connectivity index (χ0n) is 13.5. The smallest absolute Gasteiger partial charge is 0.258 e. The van der Waals surface area contributed by atoms with E-state index in [1.807, 2.05) is 0 Å². The van der Waals surface area contributed by atoms with Gasteiger partial charge in [0.05, 0.1) is 25.8 Å². The van der Waals surface area contributed by atoms with Gasteiger partial charge in [-0.2, -0.15) is 0 Å². The summed E-state index contributed by atoms with van der Waals surface area (Å²) in [4.78, 5) is 12.2. The van der Waals surface area contributed by atoms with Crippen LogP contribution in [0.4, 0.5) is 5.69 Å². The third kappa shape index (κ3) is 5.16. The van der Waals surface area contributed by atoms with E-state index < -0.39 is 0 Å². The predicted octanol–water partition coefficient (Wildman–Crippen LogP) is 2.45. The minimum Gasteiger partial charge on any atom is -0.493 e. The number of benzene rings is 1. The summed E-state index contributed by atoms with van der Waals surface area (Å²) in [6, 6.07) is 6.74. The summed E-state index contributed by atoms with van der Waals surface area (Å²) in [5, 5.41) is 2.77. The molecule has 7 nitrogen and oxygen atoms in total. The average molecular weight is 357 g/mol. The van der Waals surface area contributed by atoms with Crippen molar-refractivity contribution < 1.29 is 23.4 Å². The number of anilines is 1. The Morgan fingerprint density at radius 2 is 2.00 bits per heavy atom. The average Bonchev–Trinajstić information content (AvgIpc) is 3.04. The Kier molecular flexibility index (Phi) is 8.11. The van der Waals surface area contributed by atoms with Crippen molar-refractivity contribution in [2.24, 2.45) is 5.73 Å². The Hall–Kier alpha value is -2.22. The molecule has 0 saturated heterocycles. The molecule has 8 heteroatoms. The van der Waals surface area contributed by atoms with Gasteiger partial charge in [-0.05, 0) is 18.2 Å². The minimum atomic E-state index is -0.290. The van der Waals surface area contributed by atoms with Crippen LogP contribution in [0.1, 0.15) is 16.1 Å². The van der Waals surface area contributed by atoms with Crippen LogP contribution in [0.25, 0.3) is 0 Å². The van der Waals surface area contributed by atoms with Gasteiger partial charge in [0.1, 0.15) is 18.6 Å². The van der Waals surface area contributed by atoms with Crippen LogP contribution < -0.4 is 20.5 Å². The van der Waals surface area contributed by atoms with Crippen LogP contribution >= 0.6 is 12.4 Å². The van der Waals surface area contributed by atoms with Gasteiger partial charge in [0.25, 0.3) is 5.91 Å². The van der Waals surface area contributed by atoms with Crippen LogP contribution in [0.5, 0.6) is 11.5 Å². The summed E-state index contributed by atoms with van der Waals surface area (Å²) < 4.78 is 20.9. The van der Waals surface area contributed by atoms with E-state index in [1.165, 1.54) is 6.26 Å². The van der Waals surface area contributed by atoms with Crippen molar-refractivity contribution in [2.45, 2.75) is 6.54 Å². The molecule has 2 rings (SSSR count). The summed E-state index contributed by atoms with van der Waals surface area (Å²) in [7, 11) is 3.15. The Bertz CT molecular complexity index is 660. The highest BCUT2D eigenvalue weighted by molar-refractivity contribution is 6.04. The number of furan rings is 1. The first-order valence-electron chi connectivity index (χ1n) is 7.06. The molecule has 0 spiro atoms. The second-order valence-corrected chi connectivity index (χ2v) is 4.67. The fourth-order valence-corrected chi connectivity index (χ4v) is 1.91. The number of carbonyl (C=O) groups is 1. The standard InChI is InChI=1S/C16H20N2O5.ClH/c1-20-5-6-22-15-8-12(3-4-14(15)21-2)18-16(19)11-7-13(9-17)23-10-11;/h3-4,7-8,10H,5-6,9,17H2,1-2H3,(H,18,19);1H. The lowest BCUT2D eigenvalue weighted by Gasteiger charge is -2.12. The van der Waals surface area contributed by atoms with Crippen molar-refractivity contribution in [2.75, 3.05) is 32.8 Å². The Morgan fingerprint density at radius 1 is 1.21 bits per heavy atom. The number of rotatable bonds is 8. The van der Waals surface area contributed by atoms with Crippen molar-refractivity contribution in [3.05, 3.63) is 41.9 Å². The topological polar surface area (TPSA) is 96.0 Å². The van der Waals surface area contributed by atoms with E-state index in [1.54, 1.807) is 38.5 Å². The Morgan fingerprint density at radius 3 is 2.62 bits per heavy atom. The molecule has 0 radical (unpaired) electrons. The zero-order chi connectivity index (χ0) is 16.7. The van der Waals surface area contributed by atoms with Gasteiger partial charge in [0.15, 0.2) is 11.5 Å². The lowest BCUT2D eigenvalue weighted by Crippen LogP contribution is -2.11. The fraction of sp³-hybridized carbons (Fsp3) is 0.312. The molecule has 0 saturated carbocycles. The van der Waals surface area contributed by atoms with Gasteiger partial charge in [-0.25, -0.2) is 0 Å². The van der Waals surface area contributed by atoms with Crippen molar-refractivity contribution in [3.63, 3.8) is 0 Å². The van der Waals surface area contributed by atoms with Gasteiger partial charge >= 0.3 is 0 Å². The molecule has 0 atom stereocenters.